The molecular weight excluding hydrogens is 186 g/mol. The van der Waals surface area contributed by atoms with Gasteiger partial charge in [0.2, 0.25) is 0 Å². The predicted molar refractivity (Wildman–Crippen MR) is 54.8 cm³/mol. The molecule has 0 amide bonds. The van der Waals surface area contributed by atoms with Crippen molar-refractivity contribution in [3.05, 3.63) is 41.0 Å². The van der Waals surface area contributed by atoms with Gasteiger partial charge in [-0.2, -0.15) is 10.5 Å². The molecule has 0 aromatic rings. The molecule has 0 heterocycles. The zero-order valence-electron chi connectivity index (χ0n) is 7.86. The maximum Gasteiger partial charge on any atom is 0.101 e. The highest BCUT2D eigenvalue weighted by molar-refractivity contribution is 5.72. The first-order valence-corrected chi connectivity index (χ1v) is 4.52. The van der Waals surface area contributed by atoms with E-state index in [1.54, 1.807) is 0 Å². The van der Waals surface area contributed by atoms with Crippen LogP contribution in [0.3, 0.4) is 0 Å². The molecule has 0 aromatic heterocycles. The zero-order valence-corrected chi connectivity index (χ0v) is 7.86. The van der Waals surface area contributed by atoms with Gasteiger partial charge < -0.3 is 0 Å². The van der Waals surface area contributed by atoms with E-state index < -0.39 is 0 Å². The van der Waals surface area contributed by atoms with E-state index in [0.29, 0.717) is 16.7 Å². The summed E-state index contributed by atoms with van der Waals surface area (Å²) in [6.07, 6.45) is 7.60. The summed E-state index contributed by atoms with van der Waals surface area (Å²) in [5.41, 5.74) is 1.21. The summed E-state index contributed by atoms with van der Waals surface area (Å²) in [7, 11) is 0. The first kappa shape index (κ1) is 9.21. The van der Waals surface area contributed by atoms with Crippen molar-refractivity contribution in [3.8, 4) is 12.1 Å². The number of hydrogen-bond acceptors (Lipinski definition) is 3. The first-order chi connectivity index (χ1) is 7.31. The Morgan fingerprint density at radius 3 is 2.07 bits per heavy atom. The number of rotatable bonds is 0. The summed E-state index contributed by atoms with van der Waals surface area (Å²) in [6, 6.07) is 4.05. The minimum Gasteiger partial charge on any atom is -0.258 e. The SMILES string of the molecule is N#CC1=C(C#N)C2C=CC(C=C2)C1=C=N. The third kappa shape index (κ3) is 1.23. The third-order valence-electron chi connectivity index (χ3n) is 2.62. The van der Waals surface area contributed by atoms with Gasteiger partial charge in [0, 0.05) is 17.4 Å². The summed E-state index contributed by atoms with van der Waals surface area (Å²) >= 11 is 0. The van der Waals surface area contributed by atoms with Gasteiger partial charge in [0.25, 0.3) is 0 Å². The number of nitrogens with zero attached hydrogens (tertiary/aromatic N) is 2. The van der Waals surface area contributed by atoms with E-state index in [-0.39, 0.29) is 11.8 Å². The highest BCUT2D eigenvalue weighted by Crippen LogP contribution is 2.35. The lowest BCUT2D eigenvalue weighted by Gasteiger charge is -2.09. The molecule has 0 atom stereocenters. The van der Waals surface area contributed by atoms with Crippen molar-refractivity contribution in [1.82, 2.24) is 0 Å². The molecule has 2 bridgehead atoms. The lowest BCUT2D eigenvalue weighted by molar-refractivity contribution is 0.932. The average Bonchev–Trinajstić information content (AvgIpc) is 2.53. The quantitative estimate of drug-likeness (QED) is 0.471. The maximum atomic E-state index is 9.02. The molecule has 1 N–H and O–H groups in total. The van der Waals surface area contributed by atoms with Crippen LogP contribution in [0.4, 0.5) is 0 Å². The number of hydrogen-bond donors (Lipinski definition) is 1. The third-order valence-corrected chi connectivity index (χ3v) is 2.62. The van der Waals surface area contributed by atoms with E-state index in [0.717, 1.165) is 0 Å². The molecule has 0 spiro atoms. The van der Waals surface area contributed by atoms with E-state index in [9.17, 15) is 0 Å². The molecule has 70 valence electrons. The van der Waals surface area contributed by atoms with Crippen LogP contribution in [0.15, 0.2) is 41.0 Å². The monoisotopic (exact) mass is 193 g/mol. The topological polar surface area (TPSA) is 71.4 Å². The molecule has 3 rings (SSSR count). The Bertz CT molecular complexity index is 514. The van der Waals surface area contributed by atoms with Crippen LogP contribution >= 0.6 is 0 Å². The molecule has 0 aliphatic heterocycles. The van der Waals surface area contributed by atoms with Crippen LogP contribution < -0.4 is 0 Å². The zero-order chi connectivity index (χ0) is 10.8. The highest BCUT2D eigenvalue weighted by atomic mass is 14.4. The standard InChI is InChI=1S/C12H7N3/c13-5-10-8-1-2-9(4-3-8)11(6-14)12(10)7-15/h1-4,8-9,13H. The predicted octanol–water partition coefficient (Wildman–Crippen LogP) is 1.88. The Morgan fingerprint density at radius 1 is 1.00 bits per heavy atom. The molecule has 15 heavy (non-hydrogen) atoms. The largest absolute Gasteiger partial charge is 0.258 e. The van der Waals surface area contributed by atoms with Gasteiger partial charge in [-0.3, -0.25) is 5.41 Å². The Labute approximate surface area is 87.5 Å². The molecule has 0 radical (unpaired) electrons. The molecule has 0 aromatic carbocycles. The van der Waals surface area contributed by atoms with Gasteiger partial charge in [-0.1, -0.05) is 24.3 Å². The Morgan fingerprint density at radius 2 is 1.60 bits per heavy atom. The first-order valence-electron chi connectivity index (χ1n) is 4.52. The molecule has 0 unspecified atom stereocenters. The van der Waals surface area contributed by atoms with Crippen LogP contribution in [0.2, 0.25) is 0 Å². The summed E-state index contributed by atoms with van der Waals surface area (Å²) in [5, 5.41) is 25.2. The smallest absolute Gasteiger partial charge is 0.101 e. The van der Waals surface area contributed by atoms with Crippen molar-refractivity contribution in [2.45, 2.75) is 0 Å². The molecule has 0 saturated heterocycles. The summed E-state index contributed by atoms with van der Waals surface area (Å²) in [4.78, 5) is 0. The van der Waals surface area contributed by atoms with Gasteiger partial charge in [0.15, 0.2) is 0 Å². The molecule has 3 nitrogen and oxygen atoms in total. The summed E-state index contributed by atoms with van der Waals surface area (Å²) in [5.74, 6) is 2.07. The van der Waals surface area contributed by atoms with E-state index in [2.05, 4.69) is 5.87 Å². The number of nitriles is 2. The van der Waals surface area contributed by atoms with Crippen molar-refractivity contribution in [1.29, 1.82) is 15.9 Å². The minimum atomic E-state index is -0.119. The Kier molecular flexibility index (Phi) is 2.10. The van der Waals surface area contributed by atoms with E-state index in [1.807, 2.05) is 36.4 Å². The second kappa shape index (κ2) is 3.42. The van der Waals surface area contributed by atoms with Crippen molar-refractivity contribution in [2.24, 2.45) is 11.8 Å². The number of allylic oxidation sites excluding steroid dienone is 7. The number of fused-ring (bicyclic) bond motifs is 1. The molecule has 3 aliphatic carbocycles. The van der Waals surface area contributed by atoms with Gasteiger partial charge in [-0.15, -0.1) is 0 Å². The van der Waals surface area contributed by atoms with Gasteiger partial charge in [-0.05, 0) is 5.87 Å². The van der Waals surface area contributed by atoms with Crippen molar-refractivity contribution in [3.63, 3.8) is 0 Å². The van der Waals surface area contributed by atoms with Gasteiger partial charge in [0.1, 0.15) is 6.07 Å². The van der Waals surface area contributed by atoms with E-state index >= 15 is 0 Å². The van der Waals surface area contributed by atoms with Crippen LogP contribution in [-0.4, -0.2) is 5.87 Å². The fraction of sp³-hybridized carbons (Fsp3) is 0.167. The van der Waals surface area contributed by atoms with Crippen molar-refractivity contribution >= 4 is 5.87 Å². The second-order valence-corrected chi connectivity index (χ2v) is 3.37. The molecule has 3 heteroatoms. The Balaban J connectivity index is 2.75. The fourth-order valence-electron chi connectivity index (χ4n) is 1.87. The lowest BCUT2D eigenvalue weighted by atomic mass is 9.94. The van der Waals surface area contributed by atoms with Crippen LogP contribution in [0.1, 0.15) is 0 Å². The van der Waals surface area contributed by atoms with Crippen molar-refractivity contribution < 1.29 is 0 Å². The van der Waals surface area contributed by atoms with Crippen LogP contribution in [-0.2, 0) is 0 Å². The molecule has 0 saturated carbocycles. The Hall–Kier alpha value is -2.35. The number of nitrogens with one attached hydrogen (secondary N) is 1. The fourth-order valence-corrected chi connectivity index (χ4v) is 1.87. The van der Waals surface area contributed by atoms with E-state index in [1.165, 1.54) is 0 Å². The molecule has 0 fully saturated rings. The highest BCUT2D eigenvalue weighted by Gasteiger charge is 2.27. The van der Waals surface area contributed by atoms with Crippen LogP contribution in [0, 0.1) is 39.9 Å². The van der Waals surface area contributed by atoms with Crippen LogP contribution in [0.5, 0.6) is 0 Å². The minimum absolute atomic E-state index is 0.0840. The van der Waals surface area contributed by atoms with Crippen molar-refractivity contribution in [2.75, 3.05) is 0 Å². The van der Waals surface area contributed by atoms with Gasteiger partial charge in [-0.25, -0.2) is 0 Å². The maximum absolute atomic E-state index is 9.02. The molecular formula is C12H7N3. The summed E-state index contributed by atoms with van der Waals surface area (Å²) < 4.78 is 0. The van der Waals surface area contributed by atoms with Crippen LogP contribution in [0.25, 0.3) is 0 Å². The van der Waals surface area contributed by atoms with Gasteiger partial charge >= 0.3 is 0 Å². The van der Waals surface area contributed by atoms with Gasteiger partial charge in [0.05, 0.1) is 17.2 Å². The molecule has 3 aliphatic rings. The lowest BCUT2D eigenvalue weighted by Crippen LogP contribution is -2.00. The van der Waals surface area contributed by atoms with E-state index in [4.69, 9.17) is 15.9 Å². The average molecular weight is 193 g/mol. The second-order valence-electron chi connectivity index (χ2n) is 3.37. The normalized spacial score (nSPS) is 26.9. The summed E-state index contributed by atoms with van der Waals surface area (Å²) in [6.45, 7) is 0.